The molecule has 0 radical (unpaired) electrons. The molecule has 0 aromatic heterocycles. The Morgan fingerprint density at radius 3 is 2.15 bits per heavy atom. The SMILES string of the molecule is [CH3][Sn]([CH3])([CH3])[N]=C(N)c1ccccc1. The average molecular weight is 283 g/mol. The van der Waals surface area contributed by atoms with E-state index in [1.165, 1.54) is 0 Å². The molecule has 13 heavy (non-hydrogen) atoms. The molecule has 0 saturated heterocycles. The van der Waals surface area contributed by atoms with Gasteiger partial charge in [-0.2, -0.15) is 0 Å². The van der Waals surface area contributed by atoms with Gasteiger partial charge in [0, 0.05) is 0 Å². The molecule has 0 amide bonds. The van der Waals surface area contributed by atoms with Gasteiger partial charge in [-0.3, -0.25) is 0 Å². The fraction of sp³-hybridized carbons (Fsp3) is 0.300. The van der Waals surface area contributed by atoms with Crippen molar-refractivity contribution in [1.29, 1.82) is 0 Å². The van der Waals surface area contributed by atoms with Gasteiger partial charge in [-0.1, -0.05) is 0 Å². The maximum absolute atomic E-state index is 5.88. The number of hydrogen-bond acceptors (Lipinski definition) is 1. The van der Waals surface area contributed by atoms with Crippen LogP contribution in [-0.4, -0.2) is 24.5 Å². The quantitative estimate of drug-likeness (QED) is 0.504. The van der Waals surface area contributed by atoms with Gasteiger partial charge >= 0.3 is 84.1 Å². The molecule has 0 heterocycles. The second-order valence-electron chi connectivity index (χ2n) is 4.03. The first-order chi connectivity index (χ1) is 5.99. The topological polar surface area (TPSA) is 38.4 Å². The number of hydrogen-bond donors (Lipinski definition) is 1. The summed E-state index contributed by atoms with van der Waals surface area (Å²) in [5.74, 6) is 0.698. The molecule has 0 bridgehead atoms. The molecule has 1 aromatic carbocycles. The van der Waals surface area contributed by atoms with Crippen molar-refractivity contribution in [3.63, 3.8) is 0 Å². The normalized spacial score (nSPS) is 13.0. The monoisotopic (exact) mass is 284 g/mol. The molecule has 70 valence electrons. The van der Waals surface area contributed by atoms with Crippen molar-refractivity contribution in [2.75, 3.05) is 0 Å². The van der Waals surface area contributed by atoms with E-state index in [-0.39, 0.29) is 0 Å². The van der Waals surface area contributed by atoms with Crippen LogP contribution >= 0.6 is 0 Å². The van der Waals surface area contributed by atoms with Gasteiger partial charge in [0.1, 0.15) is 0 Å². The van der Waals surface area contributed by atoms with Crippen LogP contribution in [-0.2, 0) is 0 Å². The van der Waals surface area contributed by atoms with Gasteiger partial charge in [-0.15, -0.1) is 0 Å². The summed E-state index contributed by atoms with van der Waals surface area (Å²) in [7, 11) is 0. The molecule has 0 aliphatic heterocycles. The molecule has 3 heteroatoms. The Morgan fingerprint density at radius 2 is 1.69 bits per heavy atom. The van der Waals surface area contributed by atoms with Crippen LogP contribution in [0.15, 0.2) is 33.5 Å². The number of rotatable bonds is 2. The second-order valence-corrected chi connectivity index (χ2v) is 17.1. The van der Waals surface area contributed by atoms with Crippen molar-refractivity contribution in [3.8, 4) is 0 Å². The van der Waals surface area contributed by atoms with Crippen LogP contribution in [0.3, 0.4) is 0 Å². The molecular weight excluding hydrogens is 267 g/mol. The molecule has 0 atom stereocenters. The fourth-order valence-electron chi connectivity index (χ4n) is 1.03. The van der Waals surface area contributed by atoms with Gasteiger partial charge in [0.2, 0.25) is 0 Å². The number of nitrogens with zero attached hydrogens (tertiary/aromatic N) is 1. The molecule has 0 aliphatic rings. The van der Waals surface area contributed by atoms with Crippen molar-refractivity contribution in [3.05, 3.63) is 35.9 Å². The number of amidine groups is 1. The first kappa shape index (κ1) is 10.6. The van der Waals surface area contributed by atoms with E-state index in [1.807, 2.05) is 30.3 Å². The molecule has 0 spiro atoms. The van der Waals surface area contributed by atoms with Crippen LogP contribution in [0.2, 0.25) is 14.8 Å². The van der Waals surface area contributed by atoms with E-state index in [2.05, 4.69) is 18.0 Å². The van der Waals surface area contributed by atoms with Gasteiger partial charge in [0.25, 0.3) is 0 Å². The summed E-state index contributed by atoms with van der Waals surface area (Å²) in [6.45, 7) is 0. The summed E-state index contributed by atoms with van der Waals surface area (Å²) in [4.78, 5) is 6.72. The molecule has 2 N–H and O–H groups in total. The van der Waals surface area contributed by atoms with Crippen molar-refractivity contribution in [1.82, 2.24) is 0 Å². The summed E-state index contributed by atoms with van der Waals surface area (Å²) in [5, 5.41) is 0. The van der Waals surface area contributed by atoms with Gasteiger partial charge in [-0.25, -0.2) is 0 Å². The Balaban J connectivity index is 2.92. The predicted octanol–water partition coefficient (Wildman–Crippen LogP) is 2.23. The molecular formula is C10H16N2Sn. The van der Waals surface area contributed by atoms with Crippen molar-refractivity contribution < 1.29 is 0 Å². The summed E-state index contributed by atoms with van der Waals surface area (Å²) in [6, 6.07) is 9.94. The molecule has 1 rings (SSSR count). The first-order valence-electron chi connectivity index (χ1n) is 4.40. The second kappa shape index (κ2) is 4.13. The van der Waals surface area contributed by atoms with Crippen LogP contribution < -0.4 is 5.73 Å². The van der Waals surface area contributed by atoms with Crippen LogP contribution in [0, 0.1) is 0 Å². The van der Waals surface area contributed by atoms with E-state index in [1.54, 1.807) is 0 Å². The van der Waals surface area contributed by atoms with Gasteiger partial charge in [0.05, 0.1) is 0 Å². The van der Waals surface area contributed by atoms with E-state index in [0.29, 0.717) is 5.84 Å². The van der Waals surface area contributed by atoms with E-state index < -0.39 is 18.7 Å². The van der Waals surface area contributed by atoms with Gasteiger partial charge < -0.3 is 0 Å². The average Bonchev–Trinajstić information content (AvgIpc) is 2.03. The van der Waals surface area contributed by atoms with Crippen molar-refractivity contribution >= 4 is 24.5 Å². The fourth-order valence-corrected chi connectivity index (χ4v) is 3.47. The number of nitrogens with two attached hydrogens (primary N) is 1. The van der Waals surface area contributed by atoms with E-state index >= 15 is 0 Å². The summed E-state index contributed by atoms with van der Waals surface area (Å²) < 4.78 is 4.58. The van der Waals surface area contributed by atoms with Crippen LogP contribution in [0.4, 0.5) is 0 Å². The van der Waals surface area contributed by atoms with E-state index in [4.69, 9.17) is 5.73 Å². The Bertz CT molecular complexity index is 298. The minimum absolute atomic E-state index is 0.698. The molecule has 0 unspecified atom stereocenters. The first-order valence-corrected chi connectivity index (χ1v) is 14.2. The number of benzene rings is 1. The van der Waals surface area contributed by atoms with Crippen molar-refractivity contribution in [2.24, 2.45) is 8.95 Å². The zero-order chi connectivity index (χ0) is 9.90. The Hall–Kier alpha value is -0.511. The Labute approximate surface area is 84.1 Å². The summed E-state index contributed by atoms with van der Waals surface area (Å²) >= 11 is -2.12. The summed E-state index contributed by atoms with van der Waals surface area (Å²) in [5.41, 5.74) is 6.92. The molecule has 1 aromatic rings. The third-order valence-corrected chi connectivity index (χ3v) is 4.13. The molecule has 0 fully saturated rings. The predicted molar refractivity (Wildman–Crippen MR) is 60.5 cm³/mol. The van der Waals surface area contributed by atoms with Crippen molar-refractivity contribution in [2.45, 2.75) is 14.8 Å². The van der Waals surface area contributed by atoms with Gasteiger partial charge in [0.15, 0.2) is 0 Å². The Morgan fingerprint density at radius 1 is 1.15 bits per heavy atom. The van der Waals surface area contributed by atoms with E-state index in [9.17, 15) is 0 Å². The minimum atomic E-state index is -2.12. The molecule has 0 saturated carbocycles. The zero-order valence-corrected chi connectivity index (χ0v) is 11.3. The van der Waals surface area contributed by atoms with Crippen LogP contribution in [0.5, 0.6) is 0 Å². The zero-order valence-electron chi connectivity index (χ0n) is 8.41. The third-order valence-electron chi connectivity index (χ3n) is 1.53. The Kier molecular flexibility index (Phi) is 3.36. The van der Waals surface area contributed by atoms with Crippen LogP contribution in [0.1, 0.15) is 5.56 Å². The molecule has 0 aliphatic carbocycles. The maximum atomic E-state index is 5.88. The van der Waals surface area contributed by atoms with Gasteiger partial charge in [-0.05, 0) is 0 Å². The standard InChI is InChI=1S/C7H7N2.3CH3.Sn/c8-7(9)6-4-2-1-3-5-6;;;;/h1-5H,(H2-,8,9);3*1H3;/q-1;;;;+1. The summed E-state index contributed by atoms with van der Waals surface area (Å²) in [6.07, 6.45) is 0. The van der Waals surface area contributed by atoms with E-state index in [0.717, 1.165) is 5.56 Å². The third kappa shape index (κ3) is 3.80. The molecule has 2 nitrogen and oxygen atoms in total. The van der Waals surface area contributed by atoms with Crippen LogP contribution in [0.25, 0.3) is 0 Å².